The quantitative estimate of drug-likeness (QED) is 0.606. The topological polar surface area (TPSA) is 35.5 Å². The average molecular weight is 332 g/mol. The van der Waals surface area contributed by atoms with Crippen LogP contribution < -0.4 is 9.47 Å². The van der Waals surface area contributed by atoms with Crippen LogP contribution in [0.1, 0.15) is 15.9 Å². The molecule has 0 saturated carbocycles. The number of ether oxygens (including phenoxy) is 2. The zero-order chi connectivity index (χ0) is 17.0. The lowest BCUT2D eigenvalue weighted by Gasteiger charge is -2.12. The molecule has 0 N–H and O–H groups in total. The van der Waals surface area contributed by atoms with Crippen molar-refractivity contribution < 1.29 is 36.2 Å². The van der Waals surface area contributed by atoms with Gasteiger partial charge in [-0.15, -0.1) is 13.2 Å². The van der Waals surface area contributed by atoms with Crippen molar-refractivity contribution in [1.29, 1.82) is 0 Å². The number of alkyl halides is 3. The third kappa shape index (κ3) is 4.94. The summed E-state index contributed by atoms with van der Waals surface area (Å²) in [6.07, 6.45) is -4.61. The van der Waals surface area contributed by atoms with Crippen LogP contribution in [-0.4, -0.2) is 12.6 Å². The van der Waals surface area contributed by atoms with Gasteiger partial charge in [0.15, 0.2) is 11.6 Å². The minimum Gasteiger partial charge on any atom is -0.489 e. The lowest BCUT2D eigenvalue weighted by molar-refractivity contribution is -0.275. The van der Waals surface area contributed by atoms with Crippen LogP contribution in [0.25, 0.3) is 0 Å². The summed E-state index contributed by atoms with van der Waals surface area (Å²) in [5.74, 6) is -2.87. The van der Waals surface area contributed by atoms with Crippen LogP contribution >= 0.6 is 0 Å². The fraction of sp³-hybridized carbons (Fsp3) is 0.133. The van der Waals surface area contributed by atoms with Crippen LogP contribution in [0.3, 0.4) is 0 Å². The van der Waals surface area contributed by atoms with Gasteiger partial charge in [-0.2, -0.15) is 0 Å². The third-order valence-electron chi connectivity index (χ3n) is 2.66. The van der Waals surface area contributed by atoms with E-state index in [1.807, 2.05) is 0 Å². The first kappa shape index (κ1) is 16.7. The molecule has 0 aliphatic rings. The van der Waals surface area contributed by atoms with Crippen molar-refractivity contribution in [2.75, 3.05) is 0 Å². The number of aldehydes is 1. The molecule has 0 aliphatic carbocycles. The number of rotatable bonds is 5. The van der Waals surface area contributed by atoms with E-state index in [9.17, 15) is 26.7 Å². The van der Waals surface area contributed by atoms with Gasteiger partial charge in [-0.1, -0.05) is 6.07 Å². The van der Waals surface area contributed by atoms with Gasteiger partial charge in [0.05, 0.1) is 0 Å². The van der Waals surface area contributed by atoms with Gasteiger partial charge in [0, 0.05) is 11.6 Å². The largest absolute Gasteiger partial charge is 0.573 e. The first-order valence-electron chi connectivity index (χ1n) is 6.19. The molecule has 0 atom stereocenters. The van der Waals surface area contributed by atoms with Crippen LogP contribution in [0.2, 0.25) is 0 Å². The summed E-state index contributed by atoms with van der Waals surface area (Å²) in [6, 6.07) is 6.06. The molecule has 0 unspecified atom stereocenters. The normalized spacial score (nSPS) is 11.2. The maximum atomic E-state index is 13.3. The van der Waals surface area contributed by atoms with Crippen LogP contribution in [0.4, 0.5) is 22.0 Å². The molecule has 0 fully saturated rings. The van der Waals surface area contributed by atoms with Gasteiger partial charge in [-0.25, -0.2) is 8.78 Å². The fourth-order valence-electron chi connectivity index (χ4n) is 1.74. The summed E-state index contributed by atoms with van der Waals surface area (Å²) in [5, 5.41) is 0. The number of hydrogen-bond donors (Lipinski definition) is 0. The summed E-state index contributed by atoms with van der Waals surface area (Å²) < 4.78 is 71.6. The first-order valence-corrected chi connectivity index (χ1v) is 6.19. The van der Waals surface area contributed by atoms with Crippen molar-refractivity contribution in [3.05, 3.63) is 59.2 Å². The van der Waals surface area contributed by atoms with Gasteiger partial charge in [0.25, 0.3) is 0 Å². The Morgan fingerprint density at radius 2 is 1.78 bits per heavy atom. The van der Waals surface area contributed by atoms with Crippen molar-refractivity contribution >= 4 is 6.29 Å². The zero-order valence-corrected chi connectivity index (χ0v) is 11.4. The van der Waals surface area contributed by atoms with E-state index in [0.717, 1.165) is 24.3 Å². The lowest BCUT2D eigenvalue weighted by Crippen LogP contribution is -2.18. The van der Waals surface area contributed by atoms with E-state index in [0.29, 0.717) is 6.29 Å². The summed E-state index contributed by atoms with van der Waals surface area (Å²) in [7, 11) is 0. The van der Waals surface area contributed by atoms with E-state index in [4.69, 9.17) is 4.74 Å². The van der Waals surface area contributed by atoms with Crippen molar-refractivity contribution in [3.8, 4) is 11.5 Å². The average Bonchev–Trinajstić information content (AvgIpc) is 2.46. The number of carbonyl (C=O) groups excluding carboxylic acids is 1. The molecule has 122 valence electrons. The summed E-state index contributed by atoms with van der Waals surface area (Å²) in [4.78, 5) is 10.6. The molecule has 3 nitrogen and oxygen atoms in total. The van der Waals surface area contributed by atoms with Crippen molar-refractivity contribution in [2.45, 2.75) is 13.0 Å². The predicted molar refractivity (Wildman–Crippen MR) is 69.2 cm³/mol. The molecule has 0 radical (unpaired) electrons. The molecule has 0 saturated heterocycles. The number of hydrogen-bond acceptors (Lipinski definition) is 3. The van der Waals surface area contributed by atoms with E-state index in [2.05, 4.69) is 4.74 Å². The molecule has 8 heteroatoms. The Labute approximate surface area is 127 Å². The molecule has 2 aromatic carbocycles. The van der Waals surface area contributed by atoms with Crippen LogP contribution in [0.5, 0.6) is 11.5 Å². The minimum atomic E-state index is -5.03. The number of benzene rings is 2. The molecule has 2 aromatic rings. The molecule has 0 aliphatic heterocycles. The molecule has 23 heavy (non-hydrogen) atoms. The van der Waals surface area contributed by atoms with E-state index in [1.54, 1.807) is 0 Å². The predicted octanol–water partition coefficient (Wildman–Crippen LogP) is 4.25. The first-order chi connectivity index (χ1) is 10.8. The Bertz CT molecular complexity index is 713. The highest BCUT2D eigenvalue weighted by Gasteiger charge is 2.32. The van der Waals surface area contributed by atoms with Gasteiger partial charge >= 0.3 is 6.36 Å². The highest BCUT2D eigenvalue weighted by molar-refractivity contribution is 5.75. The lowest BCUT2D eigenvalue weighted by atomic mass is 10.2. The molecular weight excluding hydrogens is 323 g/mol. The number of halogens is 5. The van der Waals surface area contributed by atoms with Crippen LogP contribution in [0.15, 0.2) is 36.4 Å². The Hall–Kier alpha value is -2.64. The zero-order valence-electron chi connectivity index (χ0n) is 11.4. The van der Waals surface area contributed by atoms with E-state index < -0.39 is 23.7 Å². The van der Waals surface area contributed by atoms with Gasteiger partial charge < -0.3 is 9.47 Å². The van der Waals surface area contributed by atoms with E-state index in [1.165, 1.54) is 12.1 Å². The second-order valence-electron chi connectivity index (χ2n) is 4.44. The van der Waals surface area contributed by atoms with Gasteiger partial charge in [0.1, 0.15) is 24.5 Å². The fourth-order valence-corrected chi connectivity index (χ4v) is 1.74. The van der Waals surface area contributed by atoms with Crippen molar-refractivity contribution in [2.24, 2.45) is 0 Å². The Morgan fingerprint density at radius 1 is 1.04 bits per heavy atom. The number of carbonyl (C=O) groups is 1. The van der Waals surface area contributed by atoms with Gasteiger partial charge in [-0.3, -0.25) is 4.79 Å². The molecule has 0 bridgehead atoms. The molecule has 2 rings (SSSR count). The SMILES string of the molecule is O=Cc1cc(F)cc(OCc2ccc(F)c(OC(F)(F)F)c2)c1. The van der Waals surface area contributed by atoms with Crippen molar-refractivity contribution in [1.82, 2.24) is 0 Å². The second-order valence-corrected chi connectivity index (χ2v) is 4.44. The maximum absolute atomic E-state index is 13.3. The van der Waals surface area contributed by atoms with Crippen molar-refractivity contribution in [3.63, 3.8) is 0 Å². The maximum Gasteiger partial charge on any atom is 0.573 e. The standard InChI is InChI=1S/C15H9F5O3/c16-11-3-10(7-21)4-12(6-11)22-8-9-1-2-13(17)14(5-9)23-15(18,19)20/h1-7H,8H2. The Morgan fingerprint density at radius 3 is 2.43 bits per heavy atom. The van der Waals surface area contributed by atoms with Crippen LogP contribution in [0, 0.1) is 11.6 Å². The van der Waals surface area contributed by atoms with Crippen LogP contribution in [-0.2, 0) is 6.61 Å². The highest BCUT2D eigenvalue weighted by Crippen LogP contribution is 2.27. The van der Waals surface area contributed by atoms with Gasteiger partial charge in [0.2, 0.25) is 0 Å². The third-order valence-corrected chi connectivity index (χ3v) is 2.66. The van der Waals surface area contributed by atoms with Gasteiger partial charge in [-0.05, 0) is 29.8 Å². The summed E-state index contributed by atoms with van der Waals surface area (Å²) in [6.45, 7) is -0.268. The molecule has 0 spiro atoms. The summed E-state index contributed by atoms with van der Waals surface area (Å²) >= 11 is 0. The molecule has 0 aromatic heterocycles. The van der Waals surface area contributed by atoms with E-state index >= 15 is 0 Å². The summed E-state index contributed by atoms with van der Waals surface area (Å²) in [5.41, 5.74) is 0.211. The second kappa shape index (κ2) is 6.64. The minimum absolute atomic E-state index is 0.00900. The van der Waals surface area contributed by atoms with E-state index in [-0.39, 0.29) is 23.5 Å². The Kier molecular flexibility index (Phi) is 4.83. The monoisotopic (exact) mass is 332 g/mol. The molecule has 0 heterocycles. The molecule has 0 amide bonds. The Balaban J connectivity index is 2.13. The smallest absolute Gasteiger partial charge is 0.489 e. The molecular formula is C15H9F5O3. The highest BCUT2D eigenvalue weighted by atomic mass is 19.4.